The van der Waals surface area contributed by atoms with Gasteiger partial charge in [0.15, 0.2) is 0 Å². The van der Waals surface area contributed by atoms with Gasteiger partial charge in [-0.15, -0.1) is 0 Å². The largest absolute Gasteiger partial charge is 0.387 e. The second-order valence-electron chi connectivity index (χ2n) is 4.28. The van der Waals surface area contributed by atoms with E-state index in [1.165, 1.54) is 0 Å². The molecule has 1 fully saturated rings. The molecule has 0 bridgehead atoms. The average Bonchev–Trinajstić information content (AvgIpc) is 2.06. The number of hydrogen-bond donors (Lipinski definition) is 2. The molecule has 1 heterocycles. The first-order valence-corrected chi connectivity index (χ1v) is 4.52. The maximum Gasteiger partial charge on any atom is 0.0943 e. The SMILES string of the molecule is CC(C)(CN)[C@@]1(O)CCCOC1. The highest BCUT2D eigenvalue weighted by molar-refractivity contribution is 4.95. The van der Waals surface area contributed by atoms with Crippen molar-refractivity contribution < 1.29 is 9.84 Å². The Morgan fingerprint density at radius 3 is 2.67 bits per heavy atom. The van der Waals surface area contributed by atoms with Gasteiger partial charge in [0.05, 0.1) is 12.2 Å². The highest BCUT2D eigenvalue weighted by atomic mass is 16.5. The molecule has 0 radical (unpaired) electrons. The number of aliphatic hydroxyl groups is 1. The van der Waals surface area contributed by atoms with Crippen LogP contribution in [-0.2, 0) is 4.74 Å². The summed E-state index contributed by atoms with van der Waals surface area (Å²) in [5.41, 5.74) is 4.64. The maximum atomic E-state index is 10.2. The van der Waals surface area contributed by atoms with E-state index < -0.39 is 5.60 Å². The van der Waals surface area contributed by atoms with Gasteiger partial charge in [-0.3, -0.25) is 0 Å². The van der Waals surface area contributed by atoms with E-state index in [1.807, 2.05) is 13.8 Å². The number of rotatable bonds is 2. The molecule has 1 aliphatic heterocycles. The summed E-state index contributed by atoms with van der Waals surface area (Å²) in [5, 5.41) is 10.2. The van der Waals surface area contributed by atoms with Crippen LogP contribution in [0.15, 0.2) is 0 Å². The van der Waals surface area contributed by atoms with Crippen LogP contribution in [0.4, 0.5) is 0 Å². The fourth-order valence-corrected chi connectivity index (χ4v) is 1.50. The third kappa shape index (κ3) is 1.63. The Hall–Kier alpha value is -0.120. The van der Waals surface area contributed by atoms with Crippen LogP contribution >= 0.6 is 0 Å². The molecule has 3 heteroatoms. The smallest absolute Gasteiger partial charge is 0.0943 e. The summed E-state index contributed by atoms with van der Waals surface area (Å²) in [7, 11) is 0. The van der Waals surface area contributed by atoms with Crippen molar-refractivity contribution in [2.75, 3.05) is 19.8 Å². The molecule has 3 N–H and O–H groups in total. The summed E-state index contributed by atoms with van der Waals surface area (Å²) in [5.74, 6) is 0. The first kappa shape index (κ1) is 9.96. The summed E-state index contributed by atoms with van der Waals surface area (Å²) < 4.78 is 5.27. The van der Waals surface area contributed by atoms with E-state index in [9.17, 15) is 5.11 Å². The molecular formula is C9H19NO2. The first-order chi connectivity index (χ1) is 5.52. The fourth-order valence-electron chi connectivity index (χ4n) is 1.50. The van der Waals surface area contributed by atoms with Crippen LogP contribution < -0.4 is 5.73 Å². The van der Waals surface area contributed by atoms with Crippen LogP contribution in [0.3, 0.4) is 0 Å². The van der Waals surface area contributed by atoms with Crippen LogP contribution in [0.2, 0.25) is 0 Å². The lowest BCUT2D eigenvalue weighted by molar-refractivity contribution is -0.147. The van der Waals surface area contributed by atoms with Crippen molar-refractivity contribution in [1.82, 2.24) is 0 Å². The lowest BCUT2D eigenvalue weighted by atomic mass is 9.72. The molecule has 0 aromatic carbocycles. The zero-order chi connectivity index (χ0) is 9.24. The van der Waals surface area contributed by atoms with Gasteiger partial charge in [0.2, 0.25) is 0 Å². The van der Waals surface area contributed by atoms with Crippen molar-refractivity contribution in [3.63, 3.8) is 0 Å². The van der Waals surface area contributed by atoms with E-state index in [0.29, 0.717) is 13.2 Å². The van der Waals surface area contributed by atoms with Gasteiger partial charge in [0.1, 0.15) is 0 Å². The van der Waals surface area contributed by atoms with Crippen molar-refractivity contribution in [1.29, 1.82) is 0 Å². The van der Waals surface area contributed by atoms with Crippen molar-refractivity contribution >= 4 is 0 Å². The van der Waals surface area contributed by atoms with Crippen LogP contribution in [-0.4, -0.2) is 30.5 Å². The summed E-state index contributed by atoms with van der Waals surface area (Å²) in [6, 6.07) is 0. The second-order valence-corrected chi connectivity index (χ2v) is 4.28. The molecule has 0 amide bonds. The second kappa shape index (κ2) is 3.32. The molecule has 0 aromatic heterocycles. The predicted molar refractivity (Wildman–Crippen MR) is 47.8 cm³/mol. The van der Waals surface area contributed by atoms with Gasteiger partial charge in [-0.05, 0) is 12.8 Å². The minimum Gasteiger partial charge on any atom is -0.387 e. The molecule has 0 aromatic rings. The Balaban J connectivity index is 2.68. The molecule has 12 heavy (non-hydrogen) atoms. The molecule has 1 aliphatic rings. The van der Waals surface area contributed by atoms with E-state index in [0.717, 1.165) is 19.4 Å². The van der Waals surface area contributed by atoms with Gasteiger partial charge >= 0.3 is 0 Å². The molecule has 1 atom stereocenters. The summed E-state index contributed by atoms with van der Waals surface area (Å²) in [6.45, 7) is 5.66. The van der Waals surface area contributed by atoms with Gasteiger partial charge < -0.3 is 15.6 Å². The highest BCUT2D eigenvalue weighted by Crippen LogP contribution is 2.36. The summed E-state index contributed by atoms with van der Waals surface area (Å²) >= 11 is 0. The molecule has 0 unspecified atom stereocenters. The first-order valence-electron chi connectivity index (χ1n) is 4.52. The Labute approximate surface area is 73.9 Å². The molecule has 0 spiro atoms. The van der Waals surface area contributed by atoms with Crippen molar-refractivity contribution in [2.45, 2.75) is 32.3 Å². The predicted octanol–water partition coefficient (Wildman–Crippen LogP) is 0.513. The Morgan fingerprint density at radius 2 is 2.25 bits per heavy atom. The minimum absolute atomic E-state index is 0.243. The van der Waals surface area contributed by atoms with Crippen LogP contribution in [0, 0.1) is 5.41 Å². The lowest BCUT2D eigenvalue weighted by Gasteiger charge is -2.44. The summed E-state index contributed by atoms with van der Waals surface area (Å²) in [6.07, 6.45) is 1.73. The molecule has 0 aliphatic carbocycles. The lowest BCUT2D eigenvalue weighted by Crippen LogP contribution is -2.54. The van der Waals surface area contributed by atoms with Crippen molar-refractivity contribution in [2.24, 2.45) is 11.1 Å². The van der Waals surface area contributed by atoms with Gasteiger partial charge in [0, 0.05) is 18.6 Å². The van der Waals surface area contributed by atoms with E-state index >= 15 is 0 Å². The van der Waals surface area contributed by atoms with E-state index in [-0.39, 0.29) is 5.41 Å². The van der Waals surface area contributed by atoms with E-state index in [1.54, 1.807) is 0 Å². The summed E-state index contributed by atoms with van der Waals surface area (Å²) in [4.78, 5) is 0. The van der Waals surface area contributed by atoms with E-state index in [2.05, 4.69) is 0 Å². The van der Waals surface area contributed by atoms with Crippen LogP contribution in [0.5, 0.6) is 0 Å². The minimum atomic E-state index is -0.722. The Bertz CT molecular complexity index is 151. The Kier molecular flexibility index (Phi) is 2.76. The quantitative estimate of drug-likeness (QED) is 0.640. The molecule has 0 saturated carbocycles. The monoisotopic (exact) mass is 173 g/mol. The third-order valence-corrected chi connectivity index (χ3v) is 2.99. The number of hydrogen-bond acceptors (Lipinski definition) is 3. The third-order valence-electron chi connectivity index (χ3n) is 2.99. The zero-order valence-electron chi connectivity index (χ0n) is 7.97. The van der Waals surface area contributed by atoms with Crippen molar-refractivity contribution in [3.05, 3.63) is 0 Å². The normalized spacial score (nSPS) is 32.0. The topological polar surface area (TPSA) is 55.5 Å². The van der Waals surface area contributed by atoms with Crippen molar-refractivity contribution in [3.8, 4) is 0 Å². The molecule has 3 nitrogen and oxygen atoms in total. The highest BCUT2D eigenvalue weighted by Gasteiger charge is 2.43. The molecule has 1 rings (SSSR count). The Morgan fingerprint density at radius 1 is 1.58 bits per heavy atom. The zero-order valence-corrected chi connectivity index (χ0v) is 7.97. The number of nitrogens with two attached hydrogens (primary N) is 1. The molecular weight excluding hydrogens is 154 g/mol. The van der Waals surface area contributed by atoms with Gasteiger partial charge in [-0.2, -0.15) is 0 Å². The molecule has 72 valence electrons. The average molecular weight is 173 g/mol. The van der Waals surface area contributed by atoms with Gasteiger partial charge in [0.25, 0.3) is 0 Å². The van der Waals surface area contributed by atoms with Gasteiger partial charge in [-0.25, -0.2) is 0 Å². The maximum absolute atomic E-state index is 10.2. The number of ether oxygens (including phenoxy) is 1. The van der Waals surface area contributed by atoms with Crippen LogP contribution in [0.1, 0.15) is 26.7 Å². The van der Waals surface area contributed by atoms with Crippen LogP contribution in [0.25, 0.3) is 0 Å². The van der Waals surface area contributed by atoms with E-state index in [4.69, 9.17) is 10.5 Å². The van der Waals surface area contributed by atoms with Gasteiger partial charge in [-0.1, -0.05) is 13.8 Å². The standard InChI is InChI=1S/C9H19NO2/c1-8(2,6-10)9(11)4-3-5-12-7-9/h11H,3-7,10H2,1-2H3/t9-/m1/s1. The molecule has 1 saturated heterocycles. The fraction of sp³-hybridized carbons (Fsp3) is 1.00.